The number of hydrogen-bond acceptors (Lipinski definition) is 2. The van der Waals surface area contributed by atoms with Gasteiger partial charge in [-0.3, -0.25) is 0 Å². The van der Waals surface area contributed by atoms with E-state index in [1.165, 1.54) is 16.7 Å². The van der Waals surface area contributed by atoms with Gasteiger partial charge in [-0.25, -0.2) is 0 Å². The molecule has 0 aliphatic rings. The van der Waals surface area contributed by atoms with Gasteiger partial charge in [0.1, 0.15) is 0 Å². The lowest BCUT2D eigenvalue weighted by molar-refractivity contribution is 0.399. The quantitative estimate of drug-likeness (QED) is 0.762. The largest absolute Gasteiger partial charge is 0.400 e. The summed E-state index contributed by atoms with van der Waals surface area (Å²) in [6.07, 6.45) is 0. The van der Waals surface area contributed by atoms with Crippen LogP contribution in [-0.4, -0.2) is 24.4 Å². The molecule has 19 heavy (non-hydrogen) atoms. The van der Waals surface area contributed by atoms with Gasteiger partial charge >= 0.3 is 0 Å². The van der Waals surface area contributed by atoms with Crippen LogP contribution in [0.1, 0.15) is 16.7 Å². The Morgan fingerprint density at radius 2 is 0.842 bits per heavy atom. The van der Waals surface area contributed by atoms with Gasteiger partial charge in [0, 0.05) is 14.2 Å². The number of hydrogen-bond donors (Lipinski definition) is 2. The van der Waals surface area contributed by atoms with Crippen LogP contribution in [0.3, 0.4) is 0 Å². The van der Waals surface area contributed by atoms with Crippen LogP contribution >= 0.6 is 0 Å². The average Bonchev–Trinajstić information content (AvgIpc) is 2.48. The maximum atomic E-state index is 7.00. The van der Waals surface area contributed by atoms with Crippen molar-refractivity contribution in [3.8, 4) is 0 Å². The maximum Gasteiger partial charge on any atom is 0.0319 e. The fraction of sp³-hybridized carbons (Fsp3) is 0.294. The van der Waals surface area contributed by atoms with Gasteiger partial charge in [0.05, 0.1) is 0 Å². The summed E-state index contributed by atoms with van der Waals surface area (Å²) < 4.78 is 0. The van der Waals surface area contributed by atoms with Crippen molar-refractivity contribution >= 4 is 0 Å². The Morgan fingerprint density at radius 1 is 0.526 bits per heavy atom. The van der Waals surface area contributed by atoms with Crippen molar-refractivity contribution in [3.05, 3.63) is 71.3 Å². The highest BCUT2D eigenvalue weighted by atomic mass is 16.2. The van der Waals surface area contributed by atoms with E-state index in [-0.39, 0.29) is 0 Å². The van der Waals surface area contributed by atoms with E-state index in [4.69, 9.17) is 10.2 Å². The van der Waals surface area contributed by atoms with E-state index >= 15 is 0 Å². The van der Waals surface area contributed by atoms with Crippen LogP contribution in [0.4, 0.5) is 0 Å². The van der Waals surface area contributed by atoms with Crippen molar-refractivity contribution < 1.29 is 10.2 Å². The second-order valence-corrected chi connectivity index (χ2v) is 3.74. The molecule has 2 aromatic rings. The zero-order valence-electron chi connectivity index (χ0n) is 12.6. The molecule has 0 aromatic heterocycles. The topological polar surface area (TPSA) is 40.5 Å². The van der Waals surface area contributed by atoms with Gasteiger partial charge in [-0.1, -0.05) is 60.2 Å². The molecule has 106 valence electrons. The first-order chi connectivity index (χ1) is 9.20. The smallest absolute Gasteiger partial charge is 0.0319 e. The molecule has 2 N–H and O–H groups in total. The van der Waals surface area contributed by atoms with Gasteiger partial charge in [-0.05, 0) is 31.9 Å². The summed E-state index contributed by atoms with van der Waals surface area (Å²) in [7, 11) is 2.00. The molecular formula is C17H26O2. The third-order valence-corrected chi connectivity index (χ3v) is 2.37. The normalized spacial score (nSPS) is 7.74. The third-order valence-electron chi connectivity index (χ3n) is 2.37. The fourth-order valence-electron chi connectivity index (χ4n) is 1.20. The summed E-state index contributed by atoms with van der Waals surface area (Å²) in [6.45, 7) is 6.32. The van der Waals surface area contributed by atoms with Gasteiger partial charge in [0.2, 0.25) is 0 Å². The van der Waals surface area contributed by atoms with Gasteiger partial charge in [-0.15, -0.1) is 0 Å². The molecular weight excluding hydrogens is 236 g/mol. The first-order valence-electron chi connectivity index (χ1n) is 6.13. The summed E-state index contributed by atoms with van der Waals surface area (Å²) in [4.78, 5) is 0. The number of aryl methyl sites for hydroxylation is 3. The van der Waals surface area contributed by atoms with Gasteiger partial charge in [0.15, 0.2) is 0 Å². The zero-order chi connectivity index (χ0) is 15.1. The molecule has 2 aromatic carbocycles. The van der Waals surface area contributed by atoms with Crippen molar-refractivity contribution in [1.29, 1.82) is 0 Å². The number of aliphatic hydroxyl groups is 2. The van der Waals surface area contributed by atoms with Crippen LogP contribution in [0.25, 0.3) is 0 Å². The lowest BCUT2D eigenvalue weighted by atomic mass is 10.1. The molecule has 0 atom stereocenters. The summed E-state index contributed by atoms with van der Waals surface area (Å²) >= 11 is 0. The summed E-state index contributed by atoms with van der Waals surface area (Å²) in [5, 5.41) is 14.0. The lowest BCUT2D eigenvalue weighted by Crippen LogP contribution is -1.74. The van der Waals surface area contributed by atoms with Crippen LogP contribution in [0.15, 0.2) is 54.6 Å². The highest BCUT2D eigenvalue weighted by molar-refractivity contribution is 5.23. The molecule has 0 saturated carbocycles. The molecule has 2 heteroatoms. The minimum absolute atomic E-state index is 1.00. The average molecular weight is 262 g/mol. The molecule has 0 amide bonds. The summed E-state index contributed by atoms with van der Waals surface area (Å²) in [5.74, 6) is 0. The van der Waals surface area contributed by atoms with E-state index in [0.717, 1.165) is 14.2 Å². The Kier molecular flexibility index (Phi) is 14.9. The predicted molar refractivity (Wildman–Crippen MR) is 83.4 cm³/mol. The predicted octanol–water partition coefficient (Wildman–Crippen LogP) is 3.52. The van der Waals surface area contributed by atoms with E-state index < -0.39 is 0 Å². The second kappa shape index (κ2) is 14.4. The van der Waals surface area contributed by atoms with Crippen molar-refractivity contribution in [2.75, 3.05) is 14.2 Å². The Morgan fingerprint density at radius 3 is 1.05 bits per heavy atom. The first kappa shape index (κ1) is 19.7. The number of rotatable bonds is 0. The SMILES string of the molecule is CO.CO.Cc1ccccc1.Cc1ccccc1C. The molecule has 2 nitrogen and oxygen atoms in total. The van der Waals surface area contributed by atoms with E-state index in [2.05, 4.69) is 57.2 Å². The monoisotopic (exact) mass is 262 g/mol. The number of benzene rings is 2. The van der Waals surface area contributed by atoms with E-state index in [1.807, 2.05) is 18.2 Å². The molecule has 2 rings (SSSR count). The highest BCUT2D eigenvalue weighted by Gasteiger charge is 1.83. The van der Waals surface area contributed by atoms with Crippen LogP contribution in [0.2, 0.25) is 0 Å². The zero-order valence-corrected chi connectivity index (χ0v) is 12.6. The van der Waals surface area contributed by atoms with Gasteiger partial charge < -0.3 is 10.2 Å². The molecule has 0 radical (unpaired) electrons. The molecule has 0 bridgehead atoms. The Labute approximate surface area is 117 Å². The minimum atomic E-state index is 1.00. The maximum absolute atomic E-state index is 7.00. The molecule has 0 unspecified atom stereocenters. The highest BCUT2D eigenvalue weighted by Crippen LogP contribution is 2.02. The number of aliphatic hydroxyl groups excluding tert-OH is 2. The molecule has 0 fully saturated rings. The lowest BCUT2D eigenvalue weighted by Gasteiger charge is -1.93. The van der Waals surface area contributed by atoms with Gasteiger partial charge in [-0.2, -0.15) is 0 Å². The first-order valence-corrected chi connectivity index (χ1v) is 6.13. The molecule has 0 saturated heterocycles. The molecule has 0 aliphatic carbocycles. The van der Waals surface area contributed by atoms with Crippen LogP contribution < -0.4 is 0 Å². The van der Waals surface area contributed by atoms with Gasteiger partial charge in [0.25, 0.3) is 0 Å². The van der Waals surface area contributed by atoms with Crippen molar-refractivity contribution in [1.82, 2.24) is 0 Å². The molecule has 0 spiro atoms. The summed E-state index contributed by atoms with van der Waals surface area (Å²) in [5.41, 5.74) is 4.06. The minimum Gasteiger partial charge on any atom is -0.400 e. The standard InChI is InChI=1S/C8H10.C7H8.2CH4O/c1-7-5-3-4-6-8(7)2;1-7-5-3-2-4-6-7;2*1-2/h3-6H,1-2H3;2-6H,1H3;2*2H,1H3. The molecule has 0 heterocycles. The second-order valence-electron chi connectivity index (χ2n) is 3.74. The Bertz CT molecular complexity index is 376. The van der Waals surface area contributed by atoms with Crippen LogP contribution in [0.5, 0.6) is 0 Å². The van der Waals surface area contributed by atoms with E-state index in [0.29, 0.717) is 0 Å². The van der Waals surface area contributed by atoms with E-state index in [9.17, 15) is 0 Å². The van der Waals surface area contributed by atoms with Crippen LogP contribution in [-0.2, 0) is 0 Å². The molecule has 0 aliphatic heterocycles. The van der Waals surface area contributed by atoms with E-state index in [1.54, 1.807) is 0 Å². The Balaban J connectivity index is 0. The van der Waals surface area contributed by atoms with Crippen molar-refractivity contribution in [2.45, 2.75) is 20.8 Å². The third kappa shape index (κ3) is 11.2. The van der Waals surface area contributed by atoms with Crippen LogP contribution in [0, 0.1) is 20.8 Å². The van der Waals surface area contributed by atoms with Crippen molar-refractivity contribution in [2.24, 2.45) is 0 Å². The summed E-state index contributed by atoms with van der Waals surface area (Å²) in [6, 6.07) is 18.6. The fourth-order valence-corrected chi connectivity index (χ4v) is 1.20. The Hall–Kier alpha value is -1.64. The van der Waals surface area contributed by atoms with Crippen molar-refractivity contribution in [3.63, 3.8) is 0 Å².